The smallest absolute Gasteiger partial charge is 0.293 e. The molecule has 1 atom stereocenters. The monoisotopic (exact) mass is 498 g/mol. The van der Waals surface area contributed by atoms with E-state index >= 15 is 0 Å². The fourth-order valence-electron chi connectivity index (χ4n) is 4.29. The van der Waals surface area contributed by atoms with Crippen molar-refractivity contribution >= 4 is 38.7 Å². The molecule has 1 aromatic heterocycles. The maximum atomic E-state index is 13.1. The average molecular weight is 499 g/mol. The van der Waals surface area contributed by atoms with Gasteiger partial charge in [-0.1, -0.05) is 28.1 Å². The van der Waals surface area contributed by atoms with Gasteiger partial charge in [-0.3, -0.25) is 9.59 Å². The van der Waals surface area contributed by atoms with Crippen LogP contribution in [0.1, 0.15) is 25.3 Å². The summed E-state index contributed by atoms with van der Waals surface area (Å²) in [7, 11) is 1.62. The van der Waals surface area contributed by atoms with Crippen LogP contribution in [0.25, 0.3) is 11.0 Å². The van der Waals surface area contributed by atoms with Gasteiger partial charge in [0, 0.05) is 36.2 Å². The predicted molar refractivity (Wildman–Crippen MR) is 129 cm³/mol. The molecule has 3 aromatic rings. The molecular weight excluding hydrogens is 472 g/mol. The molecule has 4 rings (SSSR count). The highest BCUT2D eigenvalue weighted by molar-refractivity contribution is 9.10. The number of nitrogens with zero attached hydrogens (tertiary/aromatic N) is 3. The molecule has 32 heavy (non-hydrogen) atoms. The Morgan fingerprint density at radius 1 is 1.28 bits per heavy atom. The van der Waals surface area contributed by atoms with Crippen LogP contribution < -0.4 is 20.5 Å². The molecule has 2 aromatic carbocycles. The van der Waals surface area contributed by atoms with Crippen LogP contribution in [0.4, 0.5) is 5.82 Å². The number of carbonyl (C=O) groups excluding carboxylic acids is 1. The molecule has 1 N–H and O–H groups in total. The van der Waals surface area contributed by atoms with Crippen LogP contribution in [0, 0.1) is 5.92 Å². The number of methoxy groups -OCH3 is 1. The molecule has 0 bridgehead atoms. The third-order valence-electron chi connectivity index (χ3n) is 5.94. The molecule has 0 aliphatic carbocycles. The first kappa shape index (κ1) is 22.3. The Balaban J connectivity index is 1.52. The van der Waals surface area contributed by atoms with Crippen LogP contribution in [-0.4, -0.2) is 35.7 Å². The first-order chi connectivity index (χ1) is 15.5. The van der Waals surface area contributed by atoms with E-state index in [1.807, 2.05) is 54.3 Å². The van der Waals surface area contributed by atoms with Gasteiger partial charge in [0.1, 0.15) is 5.75 Å². The number of nitrogens with one attached hydrogen (secondary N) is 1. The van der Waals surface area contributed by atoms with Gasteiger partial charge in [-0.25, -0.2) is 4.98 Å². The summed E-state index contributed by atoms with van der Waals surface area (Å²) in [6.07, 6.45) is 1.62. The van der Waals surface area contributed by atoms with Gasteiger partial charge in [-0.15, -0.1) is 0 Å². The number of hydrogen-bond acceptors (Lipinski definition) is 5. The van der Waals surface area contributed by atoms with Gasteiger partial charge >= 0.3 is 0 Å². The van der Waals surface area contributed by atoms with E-state index in [-0.39, 0.29) is 17.4 Å². The number of ether oxygens (including phenoxy) is 1. The summed E-state index contributed by atoms with van der Waals surface area (Å²) in [6.45, 7) is 4.11. The molecule has 0 spiro atoms. The molecule has 1 saturated heterocycles. The summed E-state index contributed by atoms with van der Waals surface area (Å²) >= 11 is 3.46. The number of benzene rings is 2. The number of aromatic nitrogens is 2. The zero-order valence-corrected chi connectivity index (χ0v) is 19.9. The maximum Gasteiger partial charge on any atom is 0.293 e. The minimum Gasteiger partial charge on any atom is -0.496 e. The van der Waals surface area contributed by atoms with Gasteiger partial charge in [0.2, 0.25) is 5.91 Å². The van der Waals surface area contributed by atoms with Crippen molar-refractivity contribution in [3.8, 4) is 5.75 Å². The molecular formula is C24H27BrN4O3. The number of para-hydroxylation sites is 2. The van der Waals surface area contributed by atoms with Crippen molar-refractivity contribution in [2.24, 2.45) is 5.92 Å². The highest BCUT2D eigenvalue weighted by atomic mass is 79.9. The van der Waals surface area contributed by atoms with E-state index in [0.29, 0.717) is 32.0 Å². The minimum atomic E-state index is -0.204. The van der Waals surface area contributed by atoms with E-state index in [9.17, 15) is 9.59 Å². The molecule has 2 heterocycles. The third kappa shape index (κ3) is 4.50. The second-order valence-corrected chi connectivity index (χ2v) is 8.85. The van der Waals surface area contributed by atoms with E-state index in [1.165, 1.54) is 0 Å². The second kappa shape index (κ2) is 9.73. The summed E-state index contributed by atoms with van der Waals surface area (Å²) in [5.74, 6) is 0.939. The molecule has 1 aliphatic rings. The van der Waals surface area contributed by atoms with Crippen molar-refractivity contribution in [2.75, 3.05) is 25.1 Å². The summed E-state index contributed by atoms with van der Waals surface area (Å²) in [5.41, 5.74) is 2.42. The van der Waals surface area contributed by atoms with E-state index in [4.69, 9.17) is 4.74 Å². The lowest BCUT2D eigenvalue weighted by atomic mass is 9.97. The lowest BCUT2D eigenvalue weighted by Crippen LogP contribution is -2.45. The highest BCUT2D eigenvalue weighted by Gasteiger charge is 2.28. The van der Waals surface area contributed by atoms with Crippen molar-refractivity contribution in [1.82, 2.24) is 14.9 Å². The predicted octanol–water partition coefficient (Wildman–Crippen LogP) is 3.72. The Labute approximate surface area is 195 Å². The molecule has 168 valence electrons. The van der Waals surface area contributed by atoms with Crippen molar-refractivity contribution in [2.45, 2.75) is 32.9 Å². The minimum absolute atomic E-state index is 0.0201. The van der Waals surface area contributed by atoms with Crippen LogP contribution in [0.2, 0.25) is 0 Å². The van der Waals surface area contributed by atoms with Gasteiger partial charge < -0.3 is 19.5 Å². The van der Waals surface area contributed by atoms with Crippen LogP contribution in [0.15, 0.2) is 51.7 Å². The number of anilines is 1. The Morgan fingerprint density at radius 2 is 2.09 bits per heavy atom. The number of amides is 1. The summed E-state index contributed by atoms with van der Waals surface area (Å²) < 4.78 is 8.08. The number of piperidine rings is 1. The van der Waals surface area contributed by atoms with Gasteiger partial charge in [-0.05, 0) is 50.1 Å². The quantitative estimate of drug-likeness (QED) is 0.560. The van der Waals surface area contributed by atoms with Gasteiger partial charge in [0.25, 0.3) is 5.56 Å². The zero-order chi connectivity index (χ0) is 22.7. The summed E-state index contributed by atoms with van der Waals surface area (Å²) in [4.78, 5) is 32.7. The van der Waals surface area contributed by atoms with Crippen LogP contribution >= 0.6 is 15.9 Å². The number of carbonyl (C=O) groups is 1. The van der Waals surface area contributed by atoms with Crippen LogP contribution in [0.5, 0.6) is 5.75 Å². The third-order valence-corrected chi connectivity index (χ3v) is 6.43. The molecule has 1 amide bonds. The van der Waals surface area contributed by atoms with Crippen molar-refractivity contribution in [1.29, 1.82) is 0 Å². The van der Waals surface area contributed by atoms with Gasteiger partial charge in [0.05, 0.1) is 24.1 Å². The molecule has 1 aliphatic heterocycles. The topological polar surface area (TPSA) is 76.5 Å². The number of hydrogen-bond donors (Lipinski definition) is 1. The fourth-order valence-corrected chi connectivity index (χ4v) is 4.70. The van der Waals surface area contributed by atoms with Crippen molar-refractivity contribution < 1.29 is 9.53 Å². The molecule has 1 fully saturated rings. The summed E-state index contributed by atoms with van der Waals surface area (Å²) in [6, 6.07) is 13.4. The molecule has 8 heteroatoms. The first-order valence-electron chi connectivity index (χ1n) is 10.9. The van der Waals surface area contributed by atoms with E-state index in [0.717, 1.165) is 39.7 Å². The number of fused-ring (bicyclic) bond motifs is 1. The van der Waals surface area contributed by atoms with Crippen molar-refractivity contribution in [3.63, 3.8) is 0 Å². The lowest BCUT2D eigenvalue weighted by molar-refractivity contribution is -0.125. The molecule has 1 unspecified atom stereocenters. The van der Waals surface area contributed by atoms with Gasteiger partial charge in [0.15, 0.2) is 5.82 Å². The normalized spacial score (nSPS) is 16.2. The Morgan fingerprint density at radius 3 is 2.88 bits per heavy atom. The number of rotatable bonds is 6. The SMILES string of the molecule is CCn1c(=O)c(N2CCCC(C(=O)NCc3cc(Br)ccc3OC)C2)nc2ccccc21. The second-order valence-electron chi connectivity index (χ2n) is 7.93. The van der Waals surface area contributed by atoms with Crippen LogP contribution in [0.3, 0.4) is 0 Å². The Hall–Kier alpha value is -2.87. The lowest BCUT2D eigenvalue weighted by Gasteiger charge is -2.32. The van der Waals surface area contributed by atoms with E-state index in [1.54, 1.807) is 11.7 Å². The zero-order valence-electron chi connectivity index (χ0n) is 18.3. The largest absolute Gasteiger partial charge is 0.496 e. The van der Waals surface area contributed by atoms with Crippen LogP contribution in [-0.2, 0) is 17.9 Å². The van der Waals surface area contributed by atoms with Gasteiger partial charge in [-0.2, -0.15) is 0 Å². The standard InChI is InChI=1S/C24H27BrN4O3/c1-3-29-20-9-5-4-8-19(20)27-22(24(29)31)28-12-6-7-16(15-28)23(30)26-14-17-13-18(25)10-11-21(17)32-2/h4-5,8-11,13,16H,3,6-7,12,14-15H2,1-2H3,(H,26,30). The Kier molecular flexibility index (Phi) is 6.79. The fraction of sp³-hybridized carbons (Fsp3) is 0.375. The van der Waals surface area contributed by atoms with E-state index in [2.05, 4.69) is 26.2 Å². The molecule has 0 saturated carbocycles. The molecule has 7 nitrogen and oxygen atoms in total. The first-order valence-corrected chi connectivity index (χ1v) is 11.7. The number of aryl methyl sites for hydroxylation is 1. The molecule has 0 radical (unpaired) electrons. The average Bonchev–Trinajstić information content (AvgIpc) is 2.82. The number of halogens is 1. The maximum absolute atomic E-state index is 13.1. The summed E-state index contributed by atoms with van der Waals surface area (Å²) in [5, 5.41) is 3.04. The Bertz CT molecular complexity index is 1190. The highest BCUT2D eigenvalue weighted by Crippen LogP contribution is 2.24. The van der Waals surface area contributed by atoms with E-state index < -0.39 is 0 Å². The van der Waals surface area contributed by atoms with Crippen molar-refractivity contribution in [3.05, 3.63) is 62.9 Å².